The zero-order valence-electron chi connectivity index (χ0n) is 16.1. The Kier molecular flexibility index (Phi) is 4.89. The minimum atomic E-state index is 0.659. The van der Waals surface area contributed by atoms with Gasteiger partial charge in [-0.3, -0.25) is 4.68 Å². The van der Waals surface area contributed by atoms with Crippen molar-refractivity contribution in [1.29, 1.82) is 0 Å². The molecule has 3 aromatic heterocycles. The Morgan fingerprint density at radius 1 is 1.22 bits per heavy atom. The minimum absolute atomic E-state index is 0.659. The van der Waals surface area contributed by atoms with Crippen LogP contribution in [0.4, 0.5) is 17.5 Å². The number of hydrogen-bond acceptors (Lipinski definition) is 7. The van der Waals surface area contributed by atoms with Crippen LogP contribution in [0.5, 0.6) is 0 Å². The molecule has 0 aromatic carbocycles. The van der Waals surface area contributed by atoms with Crippen molar-refractivity contribution < 1.29 is 4.74 Å². The van der Waals surface area contributed by atoms with Crippen LogP contribution in [0.15, 0.2) is 24.5 Å². The van der Waals surface area contributed by atoms with Gasteiger partial charge in [-0.05, 0) is 12.5 Å². The number of aromatic nitrogens is 5. The molecule has 0 aliphatic carbocycles. The molecule has 0 spiro atoms. The molecule has 0 atom stereocenters. The third-order valence-corrected chi connectivity index (χ3v) is 4.89. The van der Waals surface area contributed by atoms with E-state index in [1.807, 2.05) is 42.1 Å². The van der Waals surface area contributed by atoms with E-state index in [0.717, 1.165) is 67.4 Å². The molecule has 1 aliphatic rings. The summed E-state index contributed by atoms with van der Waals surface area (Å²) in [5, 5.41) is 4.60. The van der Waals surface area contributed by atoms with E-state index in [2.05, 4.69) is 33.0 Å². The highest BCUT2D eigenvalue weighted by molar-refractivity contribution is 5.78. The molecule has 4 rings (SSSR count). The summed E-state index contributed by atoms with van der Waals surface area (Å²) in [6.45, 7) is 5.35. The van der Waals surface area contributed by atoms with Gasteiger partial charge in [-0.15, -0.1) is 0 Å². The van der Waals surface area contributed by atoms with E-state index in [4.69, 9.17) is 9.72 Å². The van der Waals surface area contributed by atoms with E-state index in [-0.39, 0.29) is 0 Å². The van der Waals surface area contributed by atoms with Gasteiger partial charge in [-0.1, -0.05) is 13.3 Å². The molecule has 142 valence electrons. The lowest BCUT2D eigenvalue weighted by atomic mass is 10.2. The molecule has 0 N–H and O–H groups in total. The lowest BCUT2D eigenvalue weighted by molar-refractivity contribution is 0.122. The van der Waals surface area contributed by atoms with Gasteiger partial charge in [0.1, 0.15) is 16.9 Å². The van der Waals surface area contributed by atoms with Crippen LogP contribution >= 0.6 is 0 Å². The van der Waals surface area contributed by atoms with E-state index in [1.54, 1.807) is 0 Å². The first-order chi connectivity index (χ1) is 13.2. The molecule has 0 radical (unpaired) electrons. The molecular weight excluding hydrogens is 342 g/mol. The first-order valence-corrected chi connectivity index (χ1v) is 9.38. The van der Waals surface area contributed by atoms with Crippen molar-refractivity contribution >= 4 is 28.5 Å². The summed E-state index contributed by atoms with van der Waals surface area (Å²) < 4.78 is 7.29. The first-order valence-electron chi connectivity index (χ1n) is 9.38. The summed E-state index contributed by atoms with van der Waals surface area (Å²) in [5.74, 6) is 1.61. The summed E-state index contributed by atoms with van der Waals surface area (Å²) in [6.07, 6.45) is 5.63. The Morgan fingerprint density at radius 3 is 2.81 bits per heavy atom. The molecule has 0 saturated carbocycles. The summed E-state index contributed by atoms with van der Waals surface area (Å²) in [5.41, 5.74) is 3.92. The van der Waals surface area contributed by atoms with Crippen molar-refractivity contribution in [1.82, 2.24) is 24.7 Å². The summed E-state index contributed by atoms with van der Waals surface area (Å²) in [7, 11) is 3.92. The number of nitrogens with zero attached hydrogens (tertiary/aromatic N) is 7. The van der Waals surface area contributed by atoms with E-state index in [1.165, 1.54) is 0 Å². The Morgan fingerprint density at radius 2 is 2.04 bits per heavy atom. The number of hydrogen-bond donors (Lipinski definition) is 0. The van der Waals surface area contributed by atoms with Gasteiger partial charge in [0.05, 0.1) is 25.1 Å². The van der Waals surface area contributed by atoms with Gasteiger partial charge in [0.25, 0.3) is 0 Å². The topological polar surface area (TPSA) is 72.2 Å². The predicted molar refractivity (Wildman–Crippen MR) is 106 cm³/mol. The van der Waals surface area contributed by atoms with Crippen LogP contribution in [-0.4, -0.2) is 58.1 Å². The average molecular weight is 367 g/mol. The van der Waals surface area contributed by atoms with Crippen LogP contribution in [0.25, 0.3) is 11.0 Å². The van der Waals surface area contributed by atoms with Crippen molar-refractivity contribution in [2.45, 2.75) is 19.8 Å². The summed E-state index contributed by atoms with van der Waals surface area (Å²) >= 11 is 0. The number of fused-ring (bicyclic) bond motifs is 1. The third kappa shape index (κ3) is 3.44. The van der Waals surface area contributed by atoms with Gasteiger partial charge in [0.15, 0.2) is 0 Å². The second-order valence-corrected chi connectivity index (χ2v) is 6.75. The largest absolute Gasteiger partial charge is 0.378 e. The fraction of sp³-hybridized carbons (Fsp3) is 0.474. The second kappa shape index (κ2) is 7.48. The molecule has 0 unspecified atom stereocenters. The highest BCUT2D eigenvalue weighted by Crippen LogP contribution is 2.26. The zero-order valence-corrected chi connectivity index (χ0v) is 16.1. The smallest absolute Gasteiger partial charge is 0.230 e. The van der Waals surface area contributed by atoms with Gasteiger partial charge in [-0.25, -0.2) is 15.0 Å². The van der Waals surface area contributed by atoms with Gasteiger partial charge >= 0.3 is 0 Å². The van der Waals surface area contributed by atoms with Crippen LogP contribution in [0.3, 0.4) is 0 Å². The Hall–Kier alpha value is -2.74. The molecule has 3 aromatic rings. The number of rotatable bonds is 5. The quantitative estimate of drug-likeness (QED) is 0.685. The third-order valence-electron chi connectivity index (χ3n) is 4.89. The number of aryl methyl sites for hydroxylation is 2. The van der Waals surface area contributed by atoms with Crippen molar-refractivity contribution in [3.05, 3.63) is 30.2 Å². The summed E-state index contributed by atoms with van der Waals surface area (Å²) in [6, 6.07) is 4.06. The first kappa shape index (κ1) is 17.7. The number of morpholine rings is 1. The molecular formula is C19H25N7O. The lowest BCUT2D eigenvalue weighted by Crippen LogP contribution is -2.36. The van der Waals surface area contributed by atoms with Crippen molar-refractivity contribution in [2.24, 2.45) is 7.05 Å². The van der Waals surface area contributed by atoms with Crippen LogP contribution in [-0.2, 0) is 18.2 Å². The van der Waals surface area contributed by atoms with Gasteiger partial charge < -0.3 is 14.5 Å². The molecule has 4 heterocycles. The highest BCUT2D eigenvalue weighted by Gasteiger charge is 2.17. The van der Waals surface area contributed by atoms with Crippen molar-refractivity contribution in [3.8, 4) is 0 Å². The Labute approximate surface area is 158 Å². The van der Waals surface area contributed by atoms with E-state index < -0.39 is 0 Å². The fourth-order valence-corrected chi connectivity index (χ4v) is 3.36. The van der Waals surface area contributed by atoms with Crippen molar-refractivity contribution in [3.63, 3.8) is 0 Å². The van der Waals surface area contributed by atoms with Gasteiger partial charge in [0.2, 0.25) is 5.95 Å². The lowest BCUT2D eigenvalue weighted by Gasteiger charge is -2.28. The predicted octanol–water partition coefficient (Wildman–Crippen LogP) is 2.32. The summed E-state index contributed by atoms with van der Waals surface area (Å²) in [4.78, 5) is 18.1. The monoisotopic (exact) mass is 367 g/mol. The second-order valence-electron chi connectivity index (χ2n) is 6.75. The molecule has 8 heteroatoms. The van der Waals surface area contributed by atoms with Crippen molar-refractivity contribution in [2.75, 3.05) is 43.2 Å². The number of ether oxygens (including phenoxy) is 1. The molecule has 1 aliphatic heterocycles. The maximum atomic E-state index is 5.43. The Bertz CT molecular complexity index is 933. The minimum Gasteiger partial charge on any atom is -0.378 e. The molecule has 1 fully saturated rings. The molecule has 27 heavy (non-hydrogen) atoms. The highest BCUT2D eigenvalue weighted by atomic mass is 16.5. The van der Waals surface area contributed by atoms with Crippen LogP contribution < -0.4 is 9.80 Å². The van der Waals surface area contributed by atoms with Crippen LogP contribution in [0, 0.1) is 0 Å². The molecule has 8 nitrogen and oxygen atoms in total. The SMILES string of the molecule is CCCc1nn(C)c2cnc(N(C)c3ccnc(N4CCOCC4)c3)nc12. The van der Waals surface area contributed by atoms with E-state index >= 15 is 0 Å². The van der Waals surface area contributed by atoms with Gasteiger partial charge in [-0.2, -0.15) is 5.10 Å². The maximum absolute atomic E-state index is 5.43. The normalized spacial score (nSPS) is 14.7. The van der Waals surface area contributed by atoms with Gasteiger partial charge in [0, 0.05) is 45.1 Å². The zero-order chi connectivity index (χ0) is 18.8. The maximum Gasteiger partial charge on any atom is 0.230 e. The standard InChI is InChI=1S/C19H25N7O/c1-4-5-15-18-16(25(3)23-15)13-21-19(22-18)24(2)14-6-7-20-17(12-14)26-8-10-27-11-9-26/h6-7,12-13H,4-5,8-11H2,1-3H3. The van der Waals surface area contributed by atoms with Crippen LogP contribution in [0.2, 0.25) is 0 Å². The number of anilines is 3. The fourth-order valence-electron chi connectivity index (χ4n) is 3.36. The molecule has 1 saturated heterocycles. The van der Waals surface area contributed by atoms with E-state index in [0.29, 0.717) is 5.95 Å². The Balaban J connectivity index is 1.66. The number of pyridine rings is 1. The average Bonchev–Trinajstić information content (AvgIpc) is 3.03. The van der Waals surface area contributed by atoms with E-state index in [9.17, 15) is 0 Å². The molecule has 0 amide bonds. The van der Waals surface area contributed by atoms with Crippen LogP contribution in [0.1, 0.15) is 19.0 Å². The molecule has 0 bridgehead atoms.